The molecule has 1 fully saturated rings. The third kappa shape index (κ3) is 33.1. The highest BCUT2D eigenvalue weighted by Crippen LogP contribution is 2.24. The van der Waals surface area contributed by atoms with Gasteiger partial charge in [0.05, 0.1) is 6.61 Å². The van der Waals surface area contributed by atoms with Gasteiger partial charge in [-0.2, -0.15) is 8.42 Å². The fourth-order valence-corrected chi connectivity index (χ4v) is 7.87. The van der Waals surface area contributed by atoms with Crippen molar-refractivity contribution in [3.8, 4) is 0 Å². The number of ether oxygens (including phenoxy) is 4. The van der Waals surface area contributed by atoms with E-state index in [4.69, 9.17) is 18.9 Å². The summed E-state index contributed by atoms with van der Waals surface area (Å²) in [5, 5.41) is 30.9. The van der Waals surface area contributed by atoms with Crippen molar-refractivity contribution in [3.05, 3.63) is 36.5 Å². The van der Waals surface area contributed by atoms with Gasteiger partial charge in [-0.25, -0.2) is 0 Å². The Kier molecular flexibility index (Phi) is 35.8. The summed E-state index contributed by atoms with van der Waals surface area (Å²) >= 11 is 0. The van der Waals surface area contributed by atoms with Crippen molar-refractivity contribution in [2.45, 2.75) is 237 Å². The highest BCUT2D eigenvalue weighted by Gasteiger charge is 2.46. The van der Waals surface area contributed by atoms with E-state index in [1.165, 1.54) is 83.5 Å². The summed E-state index contributed by atoms with van der Waals surface area (Å²) in [6, 6.07) is 0. The van der Waals surface area contributed by atoms with Crippen LogP contribution in [0.2, 0.25) is 0 Å². The molecule has 0 amide bonds. The minimum Gasteiger partial charge on any atom is -0.462 e. The summed E-state index contributed by atoms with van der Waals surface area (Å²) in [6.45, 7) is 3.68. The first-order valence-electron chi connectivity index (χ1n) is 24.0. The molecule has 13 heteroatoms. The van der Waals surface area contributed by atoms with Gasteiger partial charge in [-0.1, -0.05) is 159 Å². The number of carbonyl (C=O) groups excluding carboxylic acids is 2. The predicted molar refractivity (Wildman–Crippen MR) is 243 cm³/mol. The van der Waals surface area contributed by atoms with Gasteiger partial charge in [-0.15, -0.1) is 0 Å². The SMILES string of the molecule is CCC/C=C\CCCCCCCC(=O)OCC(COC1OC(CS(=O)(=O)O)C(O)C(O)C1O)OC(=O)CCCCCCCCCCCCC/C=C\C/C=C\CCCCCCC. The Hall–Kier alpha value is -2.13. The van der Waals surface area contributed by atoms with Crippen LogP contribution in [0, 0.1) is 0 Å². The third-order valence-electron chi connectivity index (χ3n) is 10.9. The molecule has 12 nitrogen and oxygen atoms in total. The maximum atomic E-state index is 12.8. The second-order valence-corrected chi connectivity index (χ2v) is 18.3. The zero-order valence-corrected chi connectivity index (χ0v) is 38.8. The summed E-state index contributed by atoms with van der Waals surface area (Å²) in [6.07, 6.45) is 34.9. The van der Waals surface area contributed by atoms with Crippen molar-refractivity contribution in [2.75, 3.05) is 19.0 Å². The first-order valence-corrected chi connectivity index (χ1v) is 25.7. The average molecular weight is 887 g/mol. The highest BCUT2D eigenvalue weighted by atomic mass is 32.2. The van der Waals surface area contributed by atoms with Crippen LogP contribution in [0.3, 0.4) is 0 Å². The van der Waals surface area contributed by atoms with E-state index in [1.54, 1.807) is 0 Å². The molecule has 0 aromatic rings. The molecule has 0 radical (unpaired) electrons. The molecule has 1 aliphatic heterocycles. The predicted octanol–water partition coefficient (Wildman–Crippen LogP) is 10.2. The maximum absolute atomic E-state index is 12.8. The Labute approximate surface area is 370 Å². The van der Waals surface area contributed by atoms with Gasteiger partial charge in [0.15, 0.2) is 12.4 Å². The second kappa shape index (κ2) is 38.3. The van der Waals surface area contributed by atoms with Gasteiger partial charge >= 0.3 is 11.9 Å². The molecule has 356 valence electrons. The molecule has 0 bridgehead atoms. The van der Waals surface area contributed by atoms with Crippen LogP contribution in [-0.4, -0.2) is 96.0 Å². The Morgan fingerprint density at radius 3 is 1.52 bits per heavy atom. The molecule has 0 saturated carbocycles. The summed E-state index contributed by atoms with van der Waals surface area (Å²) in [7, 11) is -4.60. The topological polar surface area (TPSA) is 186 Å². The van der Waals surface area contributed by atoms with E-state index in [9.17, 15) is 37.9 Å². The molecule has 61 heavy (non-hydrogen) atoms. The fraction of sp³-hybridized carbons (Fsp3) is 0.833. The second-order valence-electron chi connectivity index (χ2n) is 16.8. The molecule has 1 rings (SSSR count). The van der Waals surface area contributed by atoms with E-state index in [2.05, 4.69) is 50.3 Å². The lowest BCUT2D eigenvalue weighted by Crippen LogP contribution is -2.60. The number of hydrogen-bond donors (Lipinski definition) is 4. The first-order chi connectivity index (χ1) is 29.5. The normalized spacial score (nSPS) is 20.3. The zero-order chi connectivity index (χ0) is 44.8. The third-order valence-corrected chi connectivity index (χ3v) is 11.7. The number of allylic oxidation sites excluding steroid dienone is 6. The number of rotatable bonds is 40. The van der Waals surface area contributed by atoms with E-state index in [0.717, 1.165) is 77.0 Å². The number of carbonyl (C=O) groups is 2. The minimum absolute atomic E-state index is 0.161. The Morgan fingerprint density at radius 1 is 0.557 bits per heavy atom. The highest BCUT2D eigenvalue weighted by molar-refractivity contribution is 7.85. The molecule has 0 aliphatic carbocycles. The van der Waals surface area contributed by atoms with E-state index in [1.807, 2.05) is 0 Å². The average Bonchev–Trinajstić information content (AvgIpc) is 3.22. The van der Waals surface area contributed by atoms with Crippen molar-refractivity contribution in [1.82, 2.24) is 0 Å². The summed E-state index contributed by atoms with van der Waals surface area (Å²) < 4.78 is 54.0. The van der Waals surface area contributed by atoms with Gasteiger partial charge in [0.1, 0.15) is 36.8 Å². The lowest BCUT2D eigenvalue weighted by molar-refractivity contribution is -0.297. The van der Waals surface area contributed by atoms with E-state index < -0.39 is 71.2 Å². The van der Waals surface area contributed by atoms with Gasteiger partial charge in [0.2, 0.25) is 0 Å². The molecule has 6 atom stereocenters. The van der Waals surface area contributed by atoms with Crippen molar-refractivity contribution in [1.29, 1.82) is 0 Å². The van der Waals surface area contributed by atoms with Crippen molar-refractivity contribution >= 4 is 22.1 Å². The van der Waals surface area contributed by atoms with Crippen LogP contribution in [0.5, 0.6) is 0 Å². The Balaban J connectivity index is 2.35. The van der Waals surface area contributed by atoms with Crippen LogP contribution in [0.25, 0.3) is 0 Å². The van der Waals surface area contributed by atoms with Crippen LogP contribution in [-0.2, 0) is 38.7 Å². The standard InChI is InChI=1S/C48H86O12S/c1-3-5-7-9-11-13-15-16-17-18-19-20-21-22-23-24-25-26-27-29-31-33-35-37-44(50)59-41(38-57-43(49)36-34-32-30-28-14-12-10-8-6-4-2)39-58-48-47(53)46(52)45(51)42(60-48)40-61(54,55)56/h8,10,15-16,18-19,41-42,45-48,51-53H,3-7,9,11-14,17,20-40H2,1-2H3,(H,54,55,56)/b10-8-,16-15-,19-18-. The molecule has 0 spiro atoms. The van der Waals surface area contributed by atoms with E-state index in [0.29, 0.717) is 12.8 Å². The zero-order valence-electron chi connectivity index (χ0n) is 38.0. The van der Waals surface area contributed by atoms with Gasteiger partial charge in [-0.05, 0) is 64.2 Å². The summed E-state index contributed by atoms with van der Waals surface area (Å²) in [5.41, 5.74) is 0. The van der Waals surface area contributed by atoms with Gasteiger partial charge in [0, 0.05) is 12.8 Å². The maximum Gasteiger partial charge on any atom is 0.306 e. The molecule has 6 unspecified atom stereocenters. The molecule has 1 aliphatic rings. The van der Waals surface area contributed by atoms with Gasteiger partial charge in [-0.3, -0.25) is 14.1 Å². The largest absolute Gasteiger partial charge is 0.462 e. The van der Waals surface area contributed by atoms with E-state index in [-0.39, 0.29) is 19.4 Å². The Bertz CT molecular complexity index is 1270. The number of esters is 2. The molecule has 1 saturated heterocycles. The lowest BCUT2D eigenvalue weighted by Gasteiger charge is -2.40. The smallest absolute Gasteiger partial charge is 0.306 e. The number of aliphatic hydroxyl groups excluding tert-OH is 3. The molecule has 1 heterocycles. The van der Waals surface area contributed by atoms with Crippen LogP contribution in [0.15, 0.2) is 36.5 Å². The molecule has 0 aromatic carbocycles. The summed E-state index contributed by atoms with van der Waals surface area (Å²) in [4.78, 5) is 25.4. The van der Waals surface area contributed by atoms with Crippen LogP contribution < -0.4 is 0 Å². The van der Waals surface area contributed by atoms with Crippen LogP contribution in [0.1, 0.15) is 200 Å². The summed E-state index contributed by atoms with van der Waals surface area (Å²) in [5.74, 6) is -2.00. The van der Waals surface area contributed by atoms with Crippen molar-refractivity contribution in [3.63, 3.8) is 0 Å². The quantitative estimate of drug-likeness (QED) is 0.0198. The molecular weight excluding hydrogens is 801 g/mol. The molecule has 0 aromatic heterocycles. The van der Waals surface area contributed by atoms with Gasteiger partial charge in [0.25, 0.3) is 10.1 Å². The molecule has 4 N–H and O–H groups in total. The number of aliphatic hydroxyl groups is 3. The van der Waals surface area contributed by atoms with Gasteiger partial charge < -0.3 is 34.3 Å². The minimum atomic E-state index is -4.60. The van der Waals surface area contributed by atoms with E-state index >= 15 is 0 Å². The number of unbranched alkanes of at least 4 members (excludes halogenated alkanes) is 22. The number of hydrogen-bond acceptors (Lipinski definition) is 11. The van der Waals surface area contributed by atoms with Crippen molar-refractivity contribution < 1.29 is 56.8 Å². The first kappa shape index (κ1) is 56.9. The molecular formula is C48H86O12S. The lowest BCUT2D eigenvalue weighted by atomic mass is 10.00. The monoisotopic (exact) mass is 887 g/mol. The van der Waals surface area contributed by atoms with Crippen LogP contribution in [0.4, 0.5) is 0 Å². The van der Waals surface area contributed by atoms with Crippen molar-refractivity contribution in [2.24, 2.45) is 0 Å². The fourth-order valence-electron chi connectivity index (χ4n) is 7.18. The van der Waals surface area contributed by atoms with Crippen LogP contribution >= 0.6 is 0 Å². The Morgan fingerprint density at radius 2 is 1.02 bits per heavy atom.